The van der Waals surface area contributed by atoms with Crippen molar-refractivity contribution in [2.75, 3.05) is 26.4 Å². The van der Waals surface area contributed by atoms with Crippen molar-refractivity contribution in [1.82, 2.24) is 5.32 Å². The Balaban J connectivity index is 1.61. The first kappa shape index (κ1) is 48.2. The molecule has 0 aromatic carbocycles. The first-order valence-electron chi connectivity index (χ1n) is 19.8. The van der Waals surface area contributed by atoms with E-state index in [-0.39, 0.29) is 18.9 Å². The summed E-state index contributed by atoms with van der Waals surface area (Å²) in [6.07, 6.45) is -15.8. The van der Waals surface area contributed by atoms with Gasteiger partial charge in [-0.25, -0.2) is 0 Å². The number of hydrogen-bond donors (Lipinski definition) is 12. The Morgan fingerprint density at radius 1 is 0.582 bits per heavy atom. The van der Waals surface area contributed by atoms with Crippen LogP contribution in [0.25, 0.3) is 0 Å². The summed E-state index contributed by atoms with van der Waals surface area (Å²) in [5.74, 6) is -0.285. The van der Waals surface area contributed by atoms with Crippen LogP contribution in [0.1, 0.15) is 90.9 Å². The van der Waals surface area contributed by atoms with Gasteiger partial charge in [0.1, 0.15) is 73.2 Å². The number of unbranched alkanes of at least 4 members (excludes halogenated alkanes) is 8. The highest BCUT2D eigenvalue weighted by atomic mass is 16.8. The highest BCUT2D eigenvalue weighted by Gasteiger charge is 2.53. The normalized spacial score (nSPS) is 38.1. The van der Waals surface area contributed by atoms with Gasteiger partial charge in [-0.3, -0.25) is 4.79 Å². The lowest BCUT2D eigenvalue weighted by Crippen LogP contribution is -2.66. The predicted molar refractivity (Wildman–Crippen MR) is 190 cm³/mol. The van der Waals surface area contributed by atoms with Gasteiger partial charge < -0.3 is 89.9 Å². The maximum atomic E-state index is 12.6. The van der Waals surface area contributed by atoms with Crippen LogP contribution in [0.3, 0.4) is 0 Å². The predicted octanol–water partition coefficient (Wildman–Crippen LogP) is -2.98. The molecule has 17 unspecified atom stereocenters. The van der Waals surface area contributed by atoms with E-state index in [0.717, 1.165) is 32.1 Å². The van der Waals surface area contributed by atoms with Crippen LogP contribution in [0, 0.1) is 0 Å². The molecule has 55 heavy (non-hydrogen) atoms. The summed E-state index contributed by atoms with van der Waals surface area (Å²) < 4.78 is 33.7. The van der Waals surface area contributed by atoms with Gasteiger partial charge in [-0.1, -0.05) is 71.6 Å². The van der Waals surface area contributed by atoms with E-state index >= 15 is 0 Å². The Labute approximate surface area is 322 Å². The van der Waals surface area contributed by atoms with Crippen molar-refractivity contribution in [3.8, 4) is 0 Å². The van der Waals surface area contributed by atoms with Crippen molar-refractivity contribution in [3.05, 3.63) is 0 Å². The lowest BCUT2D eigenvalue weighted by atomic mass is 9.96. The van der Waals surface area contributed by atoms with Crippen LogP contribution in [0.5, 0.6) is 0 Å². The summed E-state index contributed by atoms with van der Waals surface area (Å²) in [5.41, 5.74) is 0. The molecule has 3 rings (SSSR count). The van der Waals surface area contributed by atoms with Crippen LogP contribution >= 0.6 is 0 Å². The van der Waals surface area contributed by atoms with Gasteiger partial charge in [0, 0.05) is 6.42 Å². The molecular weight excluding hydrogens is 734 g/mol. The molecule has 19 nitrogen and oxygen atoms in total. The quantitative estimate of drug-likeness (QED) is 0.0434. The summed E-state index contributed by atoms with van der Waals surface area (Å²) in [6.45, 7) is 1.41. The molecule has 0 aliphatic carbocycles. The third-order valence-electron chi connectivity index (χ3n) is 10.4. The third kappa shape index (κ3) is 13.7. The monoisotopic (exact) mass is 801 g/mol. The van der Waals surface area contributed by atoms with Crippen LogP contribution in [0.15, 0.2) is 0 Å². The molecule has 0 aromatic rings. The average Bonchev–Trinajstić information content (AvgIpc) is 3.18. The summed E-state index contributed by atoms with van der Waals surface area (Å²) in [6, 6.07) is -0.871. The number of hydrogen-bond acceptors (Lipinski definition) is 18. The zero-order chi connectivity index (χ0) is 40.7. The fourth-order valence-corrected chi connectivity index (χ4v) is 6.93. The fraction of sp³-hybridized carbons (Fsp3) is 0.972. The maximum absolute atomic E-state index is 12.6. The Bertz CT molecular complexity index is 1060. The molecule has 17 atom stereocenters. The van der Waals surface area contributed by atoms with Crippen LogP contribution < -0.4 is 5.32 Å². The number of carbonyl (C=O) groups is 1. The second-order valence-corrected chi connectivity index (χ2v) is 14.8. The summed E-state index contributed by atoms with van der Waals surface area (Å²) in [4.78, 5) is 12.6. The van der Waals surface area contributed by atoms with Crippen LogP contribution in [-0.4, -0.2) is 193 Å². The van der Waals surface area contributed by atoms with Crippen molar-refractivity contribution < 1.29 is 89.4 Å². The molecule has 3 saturated heterocycles. The molecule has 12 N–H and O–H groups in total. The molecule has 0 spiro atoms. The fourth-order valence-electron chi connectivity index (χ4n) is 6.93. The van der Waals surface area contributed by atoms with Gasteiger partial charge in [0.2, 0.25) is 5.91 Å². The van der Waals surface area contributed by atoms with Crippen molar-refractivity contribution >= 4 is 5.91 Å². The number of rotatable bonds is 24. The number of aliphatic hydroxyl groups excluding tert-OH is 11. The first-order valence-corrected chi connectivity index (χ1v) is 19.8. The molecule has 19 heteroatoms. The van der Waals surface area contributed by atoms with E-state index in [0.29, 0.717) is 12.8 Å². The SMILES string of the molecule is CCCCCCCCCCC(O)C(COC1OC(CO)C(OC2OC(CO)C(OC3OC(CO)C(O)C(O)C3O)C(O)C2O)C(O)C1O)NC(=O)CCCC. The van der Waals surface area contributed by atoms with Crippen molar-refractivity contribution in [2.24, 2.45) is 0 Å². The minimum Gasteiger partial charge on any atom is -0.394 e. The molecular formula is C36H67NO18. The number of nitrogens with one attached hydrogen (secondary N) is 1. The number of amides is 1. The second-order valence-electron chi connectivity index (χ2n) is 14.8. The van der Waals surface area contributed by atoms with E-state index in [1.54, 1.807) is 0 Å². The molecule has 0 saturated carbocycles. The minimum absolute atomic E-state index is 0.242. The van der Waals surface area contributed by atoms with Gasteiger partial charge in [-0.05, 0) is 12.8 Å². The summed E-state index contributed by atoms with van der Waals surface area (Å²) >= 11 is 0. The van der Waals surface area contributed by atoms with E-state index in [1.807, 2.05) is 6.92 Å². The average molecular weight is 802 g/mol. The largest absolute Gasteiger partial charge is 0.394 e. The topological polar surface area (TPSA) is 307 Å². The number of ether oxygens (including phenoxy) is 6. The van der Waals surface area contributed by atoms with Gasteiger partial charge in [-0.2, -0.15) is 0 Å². The standard InChI is InChI=1S/C36H67NO18/c1-3-5-7-8-9-10-11-12-13-20(41)19(37-24(42)14-6-4-2)18-50-34-30(48)27(45)32(22(16-39)52-34)55-36-31(49)28(46)33(23(17-40)53-36)54-35-29(47)26(44)25(43)21(15-38)51-35/h19-23,25-36,38-41,43-49H,3-18H2,1-2H3,(H,37,42). The molecule has 3 fully saturated rings. The summed E-state index contributed by atoms with van der Waals surface area (Å²) in [5, 5.41) is 118. The highest BCUT2D eigenvalue weighted by molar-refractivity contribution is 5.76. The Hall–Kier alpha value is -1.21. The molecule has 1 amide bonds. The zero-order valence-corrected chi connectivity index (χ0v) is 31.9. The van der Waals surface area contributed by atoms with E-state index in [9.17, 15) is 61.0 Å². The molecule has 0 bridgehead atoms. The number of aliphatic hydroxyl groups is 11. The Kier molecular flexibility index (Phi) is 21.6. The van der Waals surface area contributed by atoms with Crippen LogP contribution in [0.4, 0.5) is 0 Å². The second kappa shape index (κ2) is 24.7. The molecule has 3 heterocycles. The maximum Gasteiger partial charge on any atom is 0.220 e. The minimum atomic E-state index is -1.96. The van der Waals surface area contributed by atoms with Crippen molar-refractivity contribution in [2.45, 2.75) is 195 Å². The van der Waals surface area contributed by atoms with Gasteiger partial charge in [0.15, 0.2) is 18.9 Å². The molecule has 3 aliphatic rings. The molecule has 0 aromatic heterocycles. The highest BCUT2D eigenvalue weighted by Crippen LogP contribution is 2.33. The molecule has 324 valence electrons. The number of carbonyl (C=O) groups excluding carboxylic acids is 1. The lowest BCUT2D eigenvalue weighted by Gasteiger charge is -2.48. The van der Waals surface area contributed by atoms with Crippen LogP contribution in [0.2, 0.25) is 0 Å². The lowest BCUT2D eigenvalue weighted by molar-refractivity contribution is -0.379. The smallest absolute Gasteiger partial charge is 0.220 e. The van der Waals surface area contributed by atoms with Crippen LogP contribution in [-0.2, 0) is 33.2 Å². The van der Waals surface area contributed by atoms with E-state index in [1.165, 1.54) is 25.7 Å². The van der Waals surface area contributed by atoms with Crippen molar-refractivity contribution in [1.29, 1.82) is 0 Å². The third-order valence-corrected chi connectivity index (χ3v) is 10.4. The Morgan fingerprint density at radius 2 is 1.04 bits per heavy atom. The van der Waals surface area contributed by atoms with Gasteiger partial charge in [-0.15, -0.1) is 0 Å². The Morgan fingerprint density at radius 3 is 1.56 bits per heavy atom. The van der Waals surface area contributed by atoms with E-state index in [4.69, 9.17) is 28.4 Å². The van der Waals surface area contributed by atoms with E-state index in [2.05, 4.69) is 12.2 Å². The van der Waals surface area contributed by atoms with Gasteiger partial charge in [0.25, 0.3) is 0 Å². The first-order chi connectivity index (χ1) is 26.3. The molecule has 3 aliphatic heterocycles. The van der Waals surface area contributed by atoms with Gasteiger partial charge >= 0.3 is 0 Å². The molecule has 0 radical (unpaired) electrons. The van der Waals surface area contributed by atoms with Gasteiger partial charge in [0.05, 0.1) is 38.6 Å². The zero-order valence-electron chi connectivity index (χ0n) is 31.9. The van der Waals surface area contributed by atoms with Crippen molar-refractivity contribution in [3.63, 3.8) is 0 Å². The van der Waals surface area contributed by atoms with E-state index < -0.39 is 124 Å². The summed E-state index contributed by atoms with van der Waals surface area (Å²) in [7, 11) is 0.